The van der Waals surface area contributed by atoms with Crippen molar-refractivity contribution in [3.63, 3.8) is 0 Å². The number of halogens is 7. The lowest BCUT2D eigenvalue weighted by Gasteiger charge is -2.37. The molecule has 0 aliphatic carbocycles. The van der Waals surface area contributed by atoms with Gasteiger partial charge in [-0.25, -0.2) is 4.79 Å². The van der Waals surface area contributed by atoms with E-state index in [-0.39, 0.29) is 13.1 Å². The summed E-state index contributed by atoms with van der Waals surface area (Å²) in [6, 6.07) is 0. The SMILES string of the molecule is C=C(C)C(=O)OC(OCCCCC(F)(F)C(F)(F)S(=O)(=O)O)(C(=O)N(CCCC)CCCC)C(F)(F)F. The lowest BCUT2D eigenvalue weighted by molar-refractivity contribution is -0.350. The van der Waals surface area contributed by atoms with Crippen molar-refractivity contribution in [2.75, 3.05) is 19.7 Å². The fourth-order valence-electron chi connectivity index (χ4n) is 2.83. The number of unbranched alkanes of at least 4 members (excludes halogenated alkanes) is 3. The molecule has 1 atom stereocenters. The predicted octanol–water partition coefficient (Wildman–Crippen LogP) is 5.10. The largest absolute Gasteiger partial charge is 0.466 e. The van der Waals surface area contributed by atoms with Crippen molar-refractivity contribution in [3.05, 3.63) is 12.2 Å². The summed E-state index contributed by atoms with van der Waals surface area (Å²) in [5, 5.41) is -5.84. The number of alkyl halides is 7. The Bertz CT molecular complexity index is 886. The van der Waals surface area contributed by atoms with E-state index < -0.39 is 76.6 Å². The van der Waals surface area contributed by atoms with Crippen LogP contribution in [0, 0.1) is 0 Å². The Labute approximate surface area is 210 Å². The van der Waals surface area contributed by atoms with E-state index in [0.29, 0.717) is 25.7 Å². The first kappa shape index (κ1) is 35.1. The predicted molar refractivity (Wildman–Crippen MR) is 117 cm³/mol. The van der Waals surface area contributed by atoms with Gasteiger partial charge in [0.2, 0.25) is 0 Å². The van der Waals surface area contributed by atoms with Crippen LogP contribution in [0.1, 0.15) is 65.7 Å². The second-order valence-electron chi connectivity index (χ2n) is 8.29. The van der Waals surface area contributed by atoms with E-state index in [1.807, 2.05) is 0 Å². The molecule has 218 valence electrons. The molecular formula is C21H32F7NO7S. The maximum atomic E-state index is 14.2. The van der Waals surface area contributed by atoms with Gasteiger partial charge in [0.15, 0.2) is 0 Å². The van der Waals surface area contributed by atoms with Crippen LogP contribution in [-0.4, -0.2) is 72.6 Å². The molecule has 0 heterocycles. The maximum absolute atomic E-state index is 14.2. The molecule has 1 unspecified atom stereocenters. The number of ether oxygens (including phenoxy) is 2. The number of carbonyl (C=O) groups excluding carboxylic acids is 2. The van der Waals surface area contributed by atoms with Crippen LogP contribution in [-0.2, 0) is 29.2 Å². The van der Waals surface area contributed by atoms with Crippen molar-refractivity contribution in [1.29, 1.82) is 0 Å². The molecule has 0 rings (SSSR count). The first-order valence-electron chi connectivity index (χ1n) is 11.3. The number of hydrogen-bond donors (Lipinski definition) is 1. The van der Waals surface area contributed by atoms with Crippen LogP contribution in [0.4, 0.5) is 30.7 Å². The zero-order valence-corrected chi connectivity index (χ0v) is 21.5. The third-order valence-electron chi connectivity index (χ3n) is 5.03. The van der Waals surface area contributed by atoms with Gasteiger partial charge in [0, 0.05) is 25.1 Å². The fourth-order valence-corrected chi connectivity index (χ4v) is 3.31. The molecule has 0 aromatic carbocycles. The van der Waals surface area contributed by atoms with Gasteiger partial charge in [-0.05, 0) is 32.6 Å². The van der Waals surface area contributed by atoms with Gasteiger partial charge < -0.3 is 14.4 Å². The Morgan fingerprint density at radius 2 is 1.41 bits per heavy atom. The van der Waals surface area contributed by atoms with Crippen molar-refractivity contribution in [1.82, 2.24) is 4.90 Å². The van der Waals surface area contributed by atoms with Crippen LogP contribution in [0.3, 0.4) is 0 Å². The van der Waals surface area contributed by atoms with Gasteiger partial charge in [0.1, 0.15) is 0 Å². The van der Waals surface area contributed by atoms with Crippen LogP contribution in [0.5, 0.6) is 0 Å². The molecule has 0 aromatic heterocycles. The number of rotatable bonds is 17. The molecule has 0 aliphatic heterocycles. The topological polar surface area (TPSA) is 110 Å². The highest BCUT2D eigenvalue weighted by atomic mass is 32.2. The van der Waals surface area contributed by atoms with Gasteiger partial charge in [0.25, 0.3) is 0 Å². The number of carbonyl (C=O) groups is 2. The third kappa shape index (κ3) is 9.09. The molecule has 0 radical (unpaired) electrons. The molecule has 0 aliphatic rings. The smallest absolute Gasteiger partial charge is 0.412 e. The summed E-state index contributed by atoms with van der Waals surface area (Å²) in [6.45, 7) is 6.16. The highest BCUT2D eigenvalue weighted by Crippen LogP contribution is 2.42. The molecule has 16 heteroatoms. The van der Waals surface area contributed by atoms with Crippen LogP contribution in [0.15, 0.2) is 12.2 Å². The van der Waals surface area contributed by atoms with E-state index in [0.717, 1.165) is 11.8 Å². The molecule has 0 saturated carbocycles. The molecular weight excluding hydrogens is 543 g/mol. The highest BCUT2D eigenvalue weighted by molar-refractivity contribution is 7.87. The van der Waals surface area contributed by atoms with Gasteiger partial charge in [-0.2, -0.15) is 39.2 Å². The van der Waals surface area contributed by atoms with Gasteiger partial charge in [0.05, 0.1) is 6.61 Å². The zero-order chi connectivity index (χ0) is 29.3. The Balaban J connectivity index is 5.96. The summed E-state index contributed by atoms with van der Waals surface area (Å²) in [6.07, 6.45) is -7.72. The highest BCUT2D eigenvalue weighted by Gasteiger charge is 2.68. The van der Waals surface area contributed by atoms with Crippen molar-refractivity contribution in [2.45, 2.75) is 88.9 Å². The van der Waals surface area contributed by atoms with Gasteiger partial charge in [-0.15, -0.1) is 0 Å². The molecule has 0 saturated heterocycles. The van der Waals surface area contributed by atoms with Crippen molar-refractivity contribution >= 4 is 22.0 Å². The van der Waals surface area contributed by atoms with E-state index in [9.17, 15) is 48.7 Å². The van der Waals surface area contributed by atoms with Crippen LogP contribution in [0.2, 0.25) is 0 Å². The number of hydrogen-bond acceptors (Lipinski definition) is 6. The summed E-state index contributed by atoms with van der Waals surface area (Å²) in [4.78, 5) is 26.0. The fraction of sp³-hybridized carbons (Fsp3) is 0.810. The standard InChI is InChI=1S/C21H32F7NO7S/c1-5-7-12-29(13-8-6-2)17(31)19(20(24,25)26,36-16(30)15(3)4)35-14-10-9-11-18(22,23)21(27,28)37(32,33)34/h3,5-14H2,1-2,4H3,(H,32,33,34). The van der Waals surface area contributed by atoms with Crippen LogP contribution < -0.4 is 0 Å². The molecule has 1 N–H and O–H groups in total. The third-order valence-corrected chi connectivity index (χ3v) is 5.98. The summed E-state index contributed by atoms with van der Waals surface area (Å²) < 4.78 is 135. The van der Waals surface area contributed by atoms with E-state index in [1.54, 1.807) is 13.8 Å². The zero-order valence-electron chi connectivity index (χ0n) is 20.7. The lowest BCUT2D eigenvalue weighted by Crippen LogP contribution is -2.62. The normalized spacial score (nSPS) is 14.7. The quantitative estimate of drug-likeness (QED) is 0.0642. The monoisotopic (exact) mass is 575 g/mol. The number of esters is 1. The van der Waals surface area contributed by atoms with E-state index in [1.165, 1.54) is 0 Å². The minimum atomic E-state index is -6.48. The number of amides is 1. The molecule has 8 nitrogen and oxygen atoms in total. The number of nitrogens with zero attached hydrogens (tertiary/aromatic N) is 1. The summed E-state index contributed by atoms with van der Waals surface area (Å²) >= 11 is 0. The van der Waals surface area contributed by atoms with Crippen molar-refractivity contribution < 1.29 is 62.8 Å². The first-order valence-corrected chi connectivity index (χ1v) is 12.8. The Kier molecular flexibility index (Phi) is 13.0. The van der Waals surface area contributed by atoms with Gasteiger partial charge >= 0.3 is 45.1 Å². The Morgan fingerprint density at radius 1 is 0.919 bits per heavy atom. The van der Waals surface area contributed by atoms with E-state index >= 15 is 0 Å². The molecule has 1 amide bonds. The maximum Gasteiger partial charge on any atom is 0.466 e. The Hall–Kier alpha value is -1.94. The minimum Gasteiger partial charge on any atom is -0.412 e. The molecule has 0 fully saturated rings. The first-order chi connectivity index (χ1) is 16.7. The van der Waals surface area contributed by atoms with Gasteiger partial charge in [-0.1, -0.05) is 33.3 Å². The van der Waals surface area contributed by atoms with E-state index in [2.05, 4.69) is 16.1 Å². The van der Waals surface area contributed by atoms with E-state index in [4.69, 9.17) is 4.55 Å². The lowest BCUT2D eigenvalue weighted by atomic mass is 10.1. The summed E-state index contributed by atoms with van der Waals surface area (Å²) in [5.74, 6) is -12.8. The second kappa shape index (κ2) is 13.7. The minimum absolute atomic E-state index is 0.141. The average Bonchev–Trinajstić information content (AvgIpc) is 2.75. The molecule has 37 heavy (non-hydrogen) atoms. The molecule has 0 aromatic rings. The summed E-state index contributed by atoms with van der Waals surface area (Å²) in [7, 11) is -6.48. The molecule has 0 bridgehead atoms. The van der Waals surface area contributed by atoms with Gasteiger partial charge in [-0.3, -0.25) is 9.35 Å². The second-order valence-corrected chi connectivity index (χ2v) is 9.75. The average molecular weight is 576 g/mol. The summed E-state index contributed by atoms with van der Waals surface area (Å²) in [5.41, 5.74) is -0.509. The van der Waals surface area contributed by atoms with Crippen LogP contribution in [0.25, 0.3) is 0 Å². The van der Waals surface area contributed by atoms with Crippen molar-refractivity contribution in [2.24, 2.45) is 0 Å². The van der Waals surface area contributed by atoms with Crippen molar-refractivity contribution in [3.8, 4) is 0 Å². The van der Waals surface area contributed by atoms with Crippen LogP contribution >= 0.6 is 0 Å². The Morgan fingerprint density at radius 3 is 1.78 bits per heavy atom. The molecule has 0 spiro atoms.